The van der Waals surface area contributed by atoms with Gasteiger partial charge in [-0.3, -0.25) is 0 Å². The monoisotopic (exact) mass is 253 g/mol. The summed E-state index contributed by atoms with van der Waals surface area (Å²) in [5.74, 6) is -0.384. The van der Waals surface area contributed by atoms with Crippen molar-refractivity contribution in [2.24, 2.45) is 0 Å². The Hall–Kier alpha value is -1.62. The number of methoxy groups -OCH3 is 1. The molecule has 100 valence electrons. The Morgan fingerprint density at radius 1 is 1.50 bits per heavy atom. The second kappa shape index (κ2) is 6.35. The molecule has 0 aliphatic heterocycles. The molecule has 0 bridgehead atoms. The molecule has 0 aliphatic carbocycles. The van der Waals surface area contributed by atoms with E-state index >= 15 is 0 Å². The average molecular weight is 253 g/mol. The Bertz CT molecular complexity index is 434. The highest BCUT2D eigenvalue weighted by Crippen LogP contribution is 2.24. The molecule has 0 aromatic heterocycles. The summed E-state index contributed by atoms with van der Waals surface area (Å²) in [6, 6.07) is 2.69. The van der Waals surface area contributed by atoms with Gasteiger partial charge in [0.25, 0.3) is 0 Å². The van der Waals surface area contributed by atoms with Crippen LogP contribution in [0.15, 0.2) is 12.1 Å². The van der Waals surface area contributed by atoms with Gasteiger partial charge in [0.15, 0.2) is 11.6 Å². The molecule has 1 rings (SSSR count). The number of nitrogen functional groups attached to an aromatic ring is 1. The van der Waals surface area contributed by atoms with Gasteiger partial charge >= 0.3 is 0 Å². The molecule has 18 heavy (non-hydrogen) atoms. The molecule has 1 aromatic rings. The van der Waals surface area contributed by atoms with E-state index in [-0.39, 0.29) is 11.4 Å². The van der Waals surface area contributed by atoms with E-state index in [0.29, 0.717) is 17.7 Å². The summed E-state index contributed by atoms with van der Waals surface area (Å²) in [4.78, 5) is 2.10. The minimum Gasteiger partial charge on any atom is -0.494 e. The molecule has 0 heterocycles. The first kappa shape index (κ1) is 14.4. The minimum absolute atomic E-state index is 0.118. The van der Waals surface area contributed by atoms with Crippen molar-refractivity contribution in [2.45, 2.75) is 13.3 Å². The van der Waals surface area contributed by atoms with Crippen LogP contribution in [-0.4, -0.2) is 37.9 Å². The first-order chi connectivity index (χ1) is 8.49. The molecule has 0 unspecified atom stereocenters. The molecule has 4 nitrogen and oxygen atoms in total. The van der Waals surface area contributed by atoms with Crippen molar-refractivity contribution in [2.75, 3.05) is 33.0 Å². The van der Waals surface area contributed by atoms with E-state index in [4.69, 9.17) is 15.9 Å². The fourth-order valence-corrected chi connectivity index (χ4v) is 1.58. The van der Waals surface area contributed by atoms with Crippen molar-refractivity contribution in [3.8, 4) is 5.75 Å². The van der Waals surface area contributed by atoms with Gasteiger partial charge in [0.1, 0.15) is 0 Å². The number of rotatable bonds is 6. The van der Waals surface area contributed by atoms with E-state index in [1.54, 1.807) is 0 Å². The van der Waals surface area contributed by atoms with E-state index in [1.165, 1.54) is 19.2 Å². The van der Waals surface area contributed by atoms with Crippen LogP contribution in [0.2, 0.25) is 0 Å². The van der Waals surface area contributed by atoms with E-state index in [2.05, 4.69) is 11.8 Å². The zero-order valence-corrected chi connectivity index (χ0v) is 11.1. The molecular weight excluding hydrogens is 233 g/mol. The quantitative estimate of drug-likeness (QED) is 0.603. The maximum atomic E-state index is 13.4. The van der Waals surface area contributed by atoms with E-state index in [9.17, 15) is 4.39 Å². The summed E-state index contributed by atoms with van der Waals surface area (Å²) in [6.45, 7) is 3.75. The maximum Gasteiger partial charge on any atom is 0.167 e. The highest BCUT2D eigenvalue weighted by molar-refractivity contribution is 6.03. The van der Waals surface area contributed by atoms with Gasteiger partial charge in [-0.25, -0.2) is 4.39 Å². The van der Waals surface area contributed by atoms with Crippen LogP contribution in [0.25, 0.3) is 0 Å². The lowest BCUT2D eigenvalue weighted by Gasteiger charge is -2.15. The van der Waals surface area contributed by atoms with E-state index in [0.717, 1.165) is 13.1 Å². The molecular formula is C13H20FN3O. The number of nitrogens with two attached hydrogens (primary N) is 1. The summed E-state index contributed by atoms with van der Waals surface area (Å²) in [5, 5.41) is 8.00. The molecule has 5 heteroatoms. The third-order valence-electron chi connectivity index (χ3n) is 2.93. The second-order valence-electron chi connectivity index (χ2n) is 4.20. The van der Waals surface area contributed by atoms with Crippen LogP contribution >= 0.6 is 0 Å². The zero-order valence-electron chi connectivity index (χ0n) is 11.1. The van der Waals surface area contributed by atoms with Gasteiger partial charge in [0.05, 0.1) is 7.11 Å². The number of nitrogens with zero attached hydrogens (tertiary/aromatic N) is 1. The highest BCUT2D eigenvalue weighted by atomic mass is 19.1. The summed E-state index contributed by atoms with van der Waals surface area (Å²) in [6.07, 6.45) is 0.573. The van der Waals surface area contributed by atoms with Crippen molar-refractivity contribution in [3.63, 3.8) is 0 Å². The van der Waals surface area contributed by atoms with Crippen LogP contribution in [0.1, 0.15) is 18.9 Å². The molecule has 0 spiro atoms. The molecule has 0 aliphatic rings. The Morgan fingerprint density at radius 2 is 2.17 bits per heavy atom. The predicted octanol–water partition coefficient (Wildman–Crippen LogP) is 2.13. The third kappa shape index (κ3) is 3.43. The number of anilines is 1. The van der Waals surface area contributed by atoms with Crippen LogP contribution < -0.4 is 10.5 Å². The van der Waals surface area contributed by atoms with Gasteiger partial charge in [-0.05, 0) is 19.7 Å². The third-order valence-corrected chi connectivity index (χ3v) is 2.93. The Kier molecular flexibility index (Phi) is 5.09. The van der Waals surface area contributed by atoms with Gasteiger partial charge in [-0.1, -0.05) is 6.92 Å². The number of benzene rings is 1. The van der Waals surface area contributed by atoms with Gasteiger partial charge in [0, 0.05) is 36.0 Å². The molecule has 0 saturated heterocycles. The summed E-state index contributed by atoms with van der Waals surface area (Å²) in [5.41, 5.74) is 6.94. The highest BCUT2D eigenvalue weighted by Gasteiger charge is 2.12. The minimum atomic E-state index is -0.503. The number of ether oxygens (including phenoxy) is 1. The number of nitrogens with one attached hydrogen (secondary N) is 1. The van der Waals surface area contributed by atoms with Crippen molar-refractivity contribution < 1.29 is 9.13 Å². The zero-order chi connectivity index (χ0) is 13.7. The topological polar surface area (TPSA) is 62.3 Å². The molecule has 0 fully saturated rings. The summed E-state index contributed by atoms with van der Waals surface area (Å²) >= 11 is 0. The first-order valence-electron chi connectivity index (χ1n) is 5.89. The van der Waals surface area contributed by atoms with Gasteiger partial charge in [0.2, 0.25) is 0 Å². The predicted molar refractivity (Wildman–Crippen MR) is 72.0 cm³/mol. The Labute approximate surface area is 107 Å². The normalized spacial score (nSPS) is 10.7. The average Bonchev–Trinajstić information content (AvgIpc) is 2.35. The van der Waals surface area contributed by atoms with Crippen LogP contribution in [0.4, 0.5) is 10.1 Å². The van der Waals surface area contributed by atoms with Crippen molar-refractivity contribution >= 4 is 11.4 Å². The maximum absolute atomic E-state index is 13.4. The van der Waals surface area contributed by atoms with Gasteiger partial charge < -0.3 is 20.8 Å². The standard InChI is InChI=1S/C13H20FN3O/c1-4-17(2)6-5-11(15)9-7-13(18-3)10(14)8-12(9)16/h7-8,15H,4-6,16H2,1-3H3. The van der Waals surface area contributed by atoms with E-state index in [1.807, 2.05) is 7.05 Å². The largest absolute Gasteiger partial charge is 0.494 e. The van der Waals surface area contributed by atoms with Crippen molar-refractivity contribution in [3.05, 3.63) is 23.5 Å². The number of halogens is 1. The van der Waals surface area contributed by atoms with Crippen LogP contribution in [0.3, 0.4) is 0 Å². The van der Waals surface area contributed by atoms with Crippen LogP contribution in [-0.2, 0) is 0 Å². The lowest BCUT2D eigenvalue weighted by atomic mass is 10.0. The van der Waals surface area contributed by atoms with Crippen LogP contribution in [0, 0.1) is 11.2 Å². The SMILES string of the molecule is CCN(C)CCC(=N)c1cc(OC)c(F)cc1N. The van der Waals surface area contributed by atoms with Crippen LogP contribution in [0.5, 0.6) is 5.75 Å². The number of hydrogen-bond donors (Lipinski definition) is 2. The van der Waals surface area contributed by atoms with Gasteiger partial charge in [-0.2, -0.15) is 0 Å². The lowest BCUT2D eigenvalue weighted by molar-refractivity contribution is 0.364. The fourth-order valence-electron chi connectivity index (χ4n) is 1.58. The molecule has 0 atom stereocenters. The van der Waals surface area contributed by atoms with Crippen molar-refractivity contribution in [1.29, 1.82) is 5.41 Å². The smallest absolute Gasteiger partial charge is 0.167 e. The fraction of sp³-hybridized carbons (Fsp3) is 0.462. The molecule has 1 aromatic carbocycles. The summed E-state index contributed by atoms with van der Waals surface area (Å²) in [7, 11) is 3.38. The van der Waals surface area contributed by atoms with Crippen molar-refractivity contribution in [1.82, 2.24) is 4.90 Å². The van der Waals surface area contributed by atoms with E-state index < -0.39 is 5.82 Å². The number of hydrogen-bond acceptors (Lipinski definition) is 4. The molecule has 3 N–H and O–H groups in total. The lowest BCUT2D eigenvalue weighted by Crippen LogP contribution is -2.21. The second-order valence-corrected chi connectivity index (χ2v) is 4.20. The summed E-state index contributed by atoms with van der Waals surface area (Å²) < 4.78 is 18.3. The molecule has 0 amide bonds. The molecule has 0 radical (unpaired) electrons. The molecule has 0 saturated carbocycles. The van der Waals surface area contributed by atoms with Gasteiger partial charge in [-0.15, -0.1) is 0 Å². The first-order valence-corrected chi connectivity index (χ1v) is 5.89. The Morgan fingerprint density at radius 3 is 2.72 bits per heavy atom. The Balaban J connectivity index is 2.85.